The van der Waals surface area contributed by atoms with Gasteiger partial charge in [0.05, 0.1) is 38.5 Å². The van der Waals surface area contributed by atoms with Gasteiger partial charge in [0.1, 0.15) is 0 Å². The maximum atomic E-state index is 14.3. The molecular weight excluding hydrogens is 1250 g/mol. The molecule has 94 heavy (non-hydrogen) atoms. The lowest BCUT2D eigenvalue weighted by molar-refractivity contribution is -0.586. The molecule has 3 spiro atoms. The van der Waals surface area contributed by atoms with Gasteiger partial charge in [0.15, 0.2) is 48.9 Å². The molecule has 2 unspecified atom stereocenters. The Bertz CT molecular complexity index is 3100. The molecule has 15 aliphatic rings. The summed E-state index contributed by atoms with van der Waals surface area (Å²) in [4.78, 5) is 125. The van der Waals surface area contributed by atoms with Crippen LogP contribution in [0.1, 0.15) is 190 Å². The molecule has 12 aliphatic heterocycles. The third-order valence-corrected chi connectivity index (χ3v) is 24.2. The minimum atomic E-state index is -2.35. The first-order valence-corrected chi connectivity index (χ1v) is 34.5. The van der Waals surface area contributed by atoms with E-state index in [1.54, 1.807) is 45.0 Å². The minimum Gasteiger partial charge on any atom is -0.459 e. The Morgan fingerprint density at radius 3 is 1.48 bits per heavy atom. The third kappa shape index (κ3) is 12.1. The fourth-order valence-electron chi connectivity index (χ4n) is 18.3. The Labute approximate surface area is 552 Å². The van der Waals surface area contributed by atoms with Crippen molar-refractivity contribution in [3.05, 3.63) is 34.9 Å². The first-order chi connectivity index (χ1) is 44.6. The highest BCUT2D eigenvalue weighted by atomic mass is 35.5. The first-order valence-electron chi connectivity index (χ1n) is 34.2. The summed E-state index contributed by atoms with van der Waals surface area (Å²) in [7, 11) is 0. The molecule has 12 saturated heterocycles. The van der Waals surface area contributed by atoms with Crippen LogP contribution in [0.2, 0.25) is 5.02 Å². The Kier molecular flexibility index (Phi) is 18.6. The second-order valence-corrected chi connectivity index (χ2v) is 30.4. The zero-order chi connectivity index (χ0) is 66.5. The quantitative estimate of drug-likeness (QED) is 0.0538. The summed E-state index contributed by atoms with van der Waals surface area (Å²) in [5.41, 5.74) is -5.30. The summed E-state index contributed by atoms with van der Waals surface area (Å²) in [5, 5.41) is 0.333. The van der Waals surface area contributed by atoms with E-state index in [4.69, 9.17) is 97.8 Å². The molecule has 1 aromatic rings. The molecule has 25 atom stereocenters. The van der Waals surface area contributed by atoms with E-state index in [-0.39, 0.29) is 47.3 Å². The molecular formula is C68H92ClNO24. The number of fused-ring (bicyclic) bond motifs is 6. The highest BCUT2D eigenvalue weighted by Crippen LogP contribution is 2.67. The Balaban J connectivity index is 0.686. The monoisotopic (exact) mass is 1340 g/mol. The van der Waals surface area contributed by atoms with Crippen molar-refractivity contribution in [1.29, 1.82) is 0 Å². The average molecular weight is 1340 g/mol. The molecule has 1 aromatic carbocycles. The number of esters is 6. The number of carbonyl (C=O) groups is 6. The normalized spacial score (nSPS) is 45.2. The predicted molar refractivity (Wildman–Crippen MR) is 321 cm³/mol. The van der Waals surface area contributed by atoms with Gasteiger partial charge in [-0.3, -0.25) is 28.8 Å². The fraction of sp³-hybridized carbons (Fsp3) is 0.809. The Morgan fingerprint density at radius 2 is 0.957 bits per heavy atom. The van der Waals surface area contributed by atoms with Crippen LogP contribution >= 0.6 is 11.6 Å². The smallest absolute Gasteiger partial charge is 0.308 e. The zero-order valence-electron chi connectivity index (χ0n) is 55.5. The van der Waals surface area contributed by atoms with Crippen molar-refractivity contribution in [2.45, 2.75) is 262 Å². The average Bonchev–Trinajstić information content (AvgIpc) is 1.25. The number of benzene rings is 1. The van der Waals surface area contributed by atoms with Crippen molar-refractivity contribution in [3.63, 3.8) is 0 Å². The minimum absolute atomic E-state index is 0.0536. The molecule has 6 bridgehead atoms. The van der Waals surface area contributed by atoms with Crippen LogP contribution < -0.4 is 0 Å². The molecule has 0 amide bonds. The van der Waals surface area contributed by atoms with E-state index in [1.807, 2.05) is 20.8 Å². The van der Waals surface area contributed by atoms with E-state index in [2.05, 4.69) is 32.7 Å². The van der Waals surface area contributed by atoms with Crippen molar-refractivity contribution < 1.29 is 115 Å². The molecule has 25 nitrogen and oxygen atoms in total. The van der Waals surface area contributed by atoms with Gasteiger partial charge in [-0.25, -0.2) is 34.3 Å². The van der Waals surface area contributed by atoms with E-state index in [9.17, 15) is 28.8 Å². The maximum Gasteiger partial charge on any atom is 0.308 e. The van der Waals surface area contributed by atoms with Crippen LogP contribution in [0.4, 0.5) is 0 Å². The van der Waals surface area contributed by atoms with E-state index in [0.717, 1.165) is 57.8 Å². The van der Waals surface area contributed by atoms with Gasteiger partial charge in [0.2, 0.25) is 36.2 Å². The SMILES string of the molecule is C[C@H]1[C@H](OC(=O)CCC(=O)OCC(COC(=O)CCC(=O)OC2O[C@@H]3O[C@]4(C)CC[C@H]5[C@H](C)CC[C@@](C)([C@H]2C)[C@@]35OO4)(N=Cc2cccc(Cl)c2)OC(=O)CCC(=O)O[C@@H]2O[C@@H]3O[C@]4(C)CC[C@H]5[C@H](C)CC[C@@H]([C@H]2C)[C@@]35OO4)O[C@@H]2O[C@]3(C)CC[C@H]4[C@H](C)CC[C@@H]1[C@@]24OO3. The highest BCUT2D eigenvalue weighted by molar-refractivity contribution is 6.30. The molecule has 3 aliphatic carbocycles. The summed E-state index contributed by atoms with van der Waals surface area (Å²) >= 11 is 6.38. The van der Waals surface area contributed by atoms with Gasteiger partial charge >= 0.3 is 35.8 Å². The largest absolute Gasteiger partial charge is 0.459 e. The standard InChI is InChI=1S/C68H92ClNO24/c1-36-14-16-47-39(4)55(82-58-66(47)44(36)25-29-62(8,86-58)89-92-66)79-51(73)20-18-49(71)77-34-65(70-33-42-12-11-13-43(69)32-42,85-54(76)23-22-52(74)80-56-40(5)48-17-15-37(2)45-26-30-63(9)87-59(83-56)67(45,48)93-90-63)35-78-50(72)19-21-53(75)81-57-41(6)61(7)28-24-38(3)46-27-31-64(10)88-60(84-57)68(46,61)94-91-64/h11-13,32-33,36-41,44-48,55-60H,14-31,34-35H2,1-10H3/t36-,37-,38-,39-,40-,41+,44+,45+,46+,47+,48+,55-,56-,57?,58-,59-,60-,61+,62+,63+,64+,65?,66-,67-,68+/m1/s1. The number of rotatable bonds is 19. The van der Waals surface area contributed by atoms with E-state index >= 15 is 0 Å². The molecule has 0 radical (unpaired) electrons. The van der Waals surface area contributed by atoms with Crippen molar-refractivity contribution in [2.24, 2.45) is 75.5 Å². The summed E-state index contributed by atoms with van der Waals surface area (Å²) < 4.78 is 74.4. The third-order valence-electron chi connectivity index (χ3n) is 23.9. The molecule has 520 valence electrons. The molecule has 16 rings (SSSR count). The number of aliphatic imine (C=N–C) groups is 1. The van der Waals surface area contributed by atoms with Crippen molar-refractivity contribution in [1.82, 2.24) is 0 Å². The predicted octanol–water partition coefficient (Wildman–Crippen LogP) is 10.1. The van der Waals surface area contributed by atoms with E-state index in [0.29, 0.717) is 47.6 Å². The summed E-state index contributed by atoms with van der Waals surface area (Å²) in [6, 6.07) is 6.50. The Hall–Kier alpha value is -4.48. The summed E-state index contributed by atoms with van der Waals surface area (Å²) in [6.45, 7) is 18.1. The number of halogens is 1. The van der Waals surface area contributed by atoms with Gasteiger partial charge in [-0.05, 0) is 132 Å². The Morgan fingerprint density at radius 1 is 0.511 bits per heavy atom. The summed E-state index contributed by atoms with van der Waals surface area (Å²) in [6.07, 6.45) is 1.58. The van der Waals surface area contributed by atoms with Gasteiger partial charge in [0, 0.05) is 65.5 Å². The highest BCUT2D eigenvalue weighted by Gasteiger charge is 2.76. The second-order valence-electron chi connectivity index (χ2n) is 30.0. The molecule has 0 aromatic heterocycles. The molecule has 12 heterocycles. The van der Waals surface area contributed by atoms with Crippen LogP contribution in [0.15, 0.2) is 29.3 Å². The van der Waals surface area contributed by atoms with Gasteiger partial charge in [0.25, 0.3) is 5.72 Å². The van der Waals surface area contributed by atoms with Crippen molar-refractivity contribution in [3.8, 4) is 0 Å². The first kappa shape index (κ1) is 68.1. The number of nitrogens with zero attached hydrogens (tertiary/aromatic N) is 1. The molecule has 3 saturated carbocycles. The van der Waals surface area contributed by atoms with Crippen LogP contribution in [0.3, 0.4) is 0 Å². The fourth-order valence-corrected chi connectivity index (χ4v) is 18.5. The second kappa shape index (κ2) is 25.7. The van der Waals surface area contributed by atoms with Gasteiger partial charge < -0.3 is 56.8 Å². The maximum absolute atomic E-state index is 14.3. The lowest BCUT2D eigenvalue weighted by Gasteiger charge is -2.65. The van der Waals surface area contributed by atoms with Gasteiger partial charge in [-0.1, -0.05) is 72.2 Å². The lowest BCUT2D eigenvalue weighted by atomic mass is 9.50. The number of carbonyl (C=O) groups excluding carboxylic acids is 6. The molecule has 15 fully saturated rings. The van der Waals surface area contributed by atoms with Crippen LogP contribution in [0.25, 0.3) is 0 Å². The van der Waals surface area contributed by atoms with Crippen LogP contribution in [-0.2, 0) is 115 Å². The van der Waals surface area contributed by atoms with Crippen LogP contribution in [0, 0.1) is 70.5 Å². The van der Waals surface area contributed by atoms with Crippen molar-refractivity contribution >= 4 is 53.6 Å². The van der Waals surface area contributed by atoms with Crippen LogP contribution in [-0.4, -0.2) is 133 Å². The number of ether oxygens (including phenoxy) is 12. The lowest BCUT2D eigenvalue weighted by Crippen LogP contribution is -2.74. The van der Waals surface area contributed by atoms with E-state index < -0.39 is 171 Å². The topological polar surface area (TPSA) is 281 Å². The van der Waals surface area contributed by atoms with Crippen LogP contribution in [0.5, 0.6) is 0 Å². The number of hydrogen-bond acceptors (Lipinski definition) is 25. The molecule has 26 heteroatoms. The zero-order valence-corrected chi connectivity index (χ0v) is 56.2. The van der Waals surface area contributed by atoms with E-state index in [1.165, 1.54) is 6.21 Å². The summed E-state index contributed by atoms with van der Waals surface area (Å²) in [5.74, 6) is -8.68. The number of hydrogen-bond donors (Lipinski definition) is 0. The molecule has 0 N–H and O–H groups in total. The van der Waals surface area contributed by atoms with Gasteiger partial charge in [-0.2, -0.15) is 0 Å². The van der Waals surface area contributed by atoms with Gasteiger partial charge in [-0.15, -0.1) is 0 Å². The van der Waals surface area contributed by atoms with Crippen molar-refractivity contribution in [2.75, 3.05) is 13.2 Å².